The van der Waals surface area contributed by atoms with Crippen LogP contribution in [-0.2, 0) is 0 Å². The fourth-order valence-corrected chi connectivity index (χ4v) is 3.23. The van der Waals surface area contributed by atoms with Crippen LogP contribution in [-0.4, -0.2) is 5.91 Å². The summed E-state index contributed by atoms with van der Waals surface area (Å²) in [6.07, 6.45) is 0. The first-order valence-corrected chi connectivity index (χ1v) is 8.94. The zero-order valence-electron chi connectivity index (χ0n) is 13.4. The quantitative estimate of drug-likeness (QED) is 0.552. The van der Waals surface area contributed by atoms with E-state index in [1.807, 2.05) is 49.4 Å². The van der Waals surface area contributed by atoms with Crippen molar-refractivity contribution >= 4 is 28.5 Å². The normalized spacial score (nSPS) is 11.8. The number of amides is 1. The van der Waals surface area contributed by atoms with Crippen molar-refractivity contribution in [2.24, 2.45) is 0 Å². The summed E-state index contributed by atoms with van der Waals surface area (Å²) in [5.74, 6) is -0.0420. The van der Waals surface area contributed by atoms with Crippen LogP contribution in [0.1, 0.15) is 28.9 Å². The molecule has 1 N–H and O–H groups in total. The van der Waals surface area contributed by atoms with Gasteiger partial charge in [-0.05, 0) is 58.3 Å². The first-order valence-electron chi connectivity index (χ1n) is 7.86. The van der Waals surface area contributed by atoms with Crippen molar-refractivity contribution < 1.29 is 4.79 Å². The van der Waals surface area contributed by atoms with Crippen molar-refractivity contribution in [1.82, 2.24) is 5.32 Å². The standard InChI is InChI=1S/C21H18INO/c1-15(23-21(24)19-9-5-6-10-20(19)22)16-11-13-18(14-12-16)17-7-3-2-4-8-17/h2-15H,1H3,(H,23,24). The third-order valence-electron chi connectivity index (χ3n) is 3.98. The highest BCUT2D eigenvalue weighted by molar-refractivity contribution is 14.1. The molecule has 0 aliphatic carbocycles. The molecular formula is C21H18INO. The molecule has 0 spiro atoms. The third-order valence-corrected chi connectivity index (χ3v) is 4.92. The molecule has 3 aromatic carbocycles. The minimum Gasteiger partial charge on any atom is -0.345 e. The topological polar surface area (TPSA) is 29.1 Å². The molecule has 1 atom stereocenters. The maximum absolute atomic E-state index is 12.4. The molecule has 0 saturated heterocycles. The molecule has 24 heavy (non-hydrogen) atoms. The summed E-state index contributed by atoms with van der Waals surface area (Å²) in [7, 11) is 0. The van der Waals surface area contributed by atoms with Gasteiger partial charge in [-0.2, -0.15) is 0 Å². The predicted molar refractivity (Wildman–Crippen MR) is 107 cm³/mol. The summed E-state index contributed by atoms with van der Waals surface area (Å²) in [5, 5.41) is 3.07. The van der Waals surface area contributed by atoms with Gasteiger partial charge >= 0.3 is 0 Å². The second-order valence-electron chi connectivity index (χ2n) is 5.66. The fraction of sp³-hybridized carbons (Fsp3) is 0.0952. The van der Waals surface area contributed by atoms with Gasteiger partial charge in [0.25, 0.3) is 5.91 Å². The Morgan fingerprint density at radius 1 is 0.833 bits per heavy atom. The van der Waals surface area contributed by atoms with E-state index < -0.39 is 0 Å². The molecule has 0 fully saturated rings. The molecule has 0 aliphatic heterocycles. The summed E-state index contributed by atoms with van der Waals surface area (Å²) in [6, 6.07) is 26.2. The minimum atomic E-state index is -0.0432. The summed E-state index contributed by atoms with van der Waals surface area (Å²) < 4.78 is 0.958. The third kappa shape index (κ3) is 3.85. The van der Waals surface area contributed by atoms with Crippen LogP contribution < -0.4 is 5.32 Å². The molecule has 1 amide bonds. The van der Waals surface area contributed by atoms with Crippen LogP contribution in [0.15, 0.2) is 78.9 Å². The van der Waals surface area contributed by atoms with Crippen molar-refractivity contribution in [2.45, 2.75) is 13.0 Å². The molecule has 120 valence electrons. The van der Waals surface area contributed by atoms with E-state index in [0.717, 1.165) is 9.13 Å². The van der Waals surface area contributed by atoms with E-state index in [4.69, 9.17) is 0 Å². The Kier molecular flexibility index (Phi) is 5.30. The smallest absolute Gasteiger partial charge is 0.252 e. The van der Waals surface area contributed by atoms with Crippen molar-refractivity contribution in [3.8, 4) is 11.1 Å². The average Bonchev–Trinajstić information content (AvgIpc) is 2.63. The molecule has 0 bridgehead atoms. The van der Waals surface area contributed by atoms with Gasteiger partial charge in [0, 0.05) is 3.57 Å². The number of hydrogen-bond donors (Lipinski definition) is 1. The molecule has 0 saturated carbocycles. The lowest BCUT2D eigenvalue weighted by molar-refractivity contribution is 0.0939. The largest absolute Gasteiger partial charge is 0.345 e. The predicted octanol–water partition coefficient (Wildman–Crippen LogP) is 5.45. The van der Waals surface area contributed by atoms with Gasteiger partial charge in [-0.3, -0.25) is 4.79 Å². The maximum atomic E-state index is 12.4. The summed E-state index contributed by atoms with van der Waals surface area (Å²) in [5.41, 5.74) is 4.18. The highest BCUT2D eigenvalue weighted by Gasteiger charge is 2.13. The van der Waals surface area contributed by atoms with Crippen LogP contribution in [0.4, 0.5) is 0 Å². The number of nitrogens with one attached hydrogen (secondary N) is 1. The van der Waals surface area contributed by atoms with E-state index in [0.29, 0.717) is 5.56 Å². The van der Waals surface area contributed by atoms with Crippen LogP contribution >= 0.6 is 22.6 Å². The molecule has 3 aromatic rings. The van der Waals surface area contributed by atoms with Crippen molar-refractivity contribution in [2.75, 3.05) is 0 Å². The zero-order valence-corrected chi connectivity index (χ0v) is 15.5. The summed E-state index contributed by atoms with van der Waals surface area (Å²) >= 11 is 2.19. The highest BCUT2D eigenvalue weighted by Crippen LogP contribution is 2.22. The Labute approximate surface area is 156 Å². The number of hydrogen-bond acceptors (Lipinski definition) is 1. The van der Waals surface area contributed by atoms with E-state index in [1.54, 1.807) is 0 Å². The van der Waals surface area contributed by atoms with Crippen LogP contribution in [0.25, 0.3) is 11.1 Å². The van der Waals surface area contributed by atoms with Gasteiger partial charge < -0.3 is 5.32 Å². The Morgan fingerprint density at radius 3 is 2.08 bits per heavy atom. The van der Waals surface area contributed by atoms with Gasteiger partial charge in [0.1, 0.15) is 0 Å². The maximum Gasteiger partial charge on any atom is 0.252 e. The lowest BCUT2D eigenvalue weighted by Crippen LogP contribution is -2.27. The lowest BCUT2D eigenvalue weighted by atomic mass is 10.0. The molecule has 3 heteroatoms. The monoisotopic (exact) mass is 427 g/mol. The second-order valence-corrected chi connectivity index (χ2v) is 6.83. The first-order chi connectivity index (χ1) is 11.6. The molecule has 1 unspecified atom stereocenters. The van der Waals surface area contributed by atoms with Crippen molar-refractivity contribution in [3.05, 3.63) is 93.6 Å². The van der Waals surface area contributed by atoms with Crippen molar-refractivity contribution in [1.29, 1.82) is 0 Å². The second kappa shape index (κ2) is 7.62. The van der Waals surface area contributed by atoms with E-state index in [1.165, 1.54) is 11.1 Å². The van der Waals surface area contributed by atoms with Crippen molar-refractivity contribution in [3.63, 3.8) is 0 Å². The Morgan fingerprint density at radius 2 is 1.42 bits per heavy atom. The van der Waals surface area contributed by atoms with Gasteiger partial charge in [-0.25, -0.2) is 0 Å². The van der Waals surface area contributed by atoms with Gasteiger partial charge in [0.2, 0.25) is 0 Å². The molecule has 0 radical (unpaired) electrons. The number of rotatable bonds is 4. The molecule has 0 aromatic heterocycles. The fourth-order valence-electron chi connectivity index (χ4n) is 2.60. The SMILES string of the molecule is CC(NC(=O)c1ccccc1I)c1ccc(-c2ccccc2)cc1. The number of carbonyl (C=O) groups is 1. The lowest BCUT2D eigenvalue weighted by Gasteiger charge is -2.15. The van der Waals surface area contributed by atoms with E-state index in [2.05, 4.69) is 64.3 Å². The first kappa shape index (κ1) is 16.7. The van der Waals surface area contributed by atoms with E-state index >= 15 is 0 Å². The van der Waals surface area contributed by atoms with Gasteiger partial charge in [0.15, 0.2) is 0 Å². The Hall–Kier alpha value is -2.14. The molecule has 2 nitrogen and oxygen atoms in total. The molecule has 0 heterocycles. The van der Waals surface area contributed by atoms with Gasteiger partial charge in [-0.15, -0.1) is 0 Å². The van der Waals surface area contributed by atoms with Crippen LogP contribution in [0, 0.1) is 3.57 Å². The van der Waals surface area contributed by atoms with Gasteiger partial charge in [-0.1, -0.05) is 66.7 Å². The summed E-state index contributed by atoms with van der Waals surface area (Å²) in [6.45, 7) is 2.01. The van der Waals surface area contributed by atoms with E-state index in [9.17, 15) is 4.79 Å². The Bertz CT molecular complexity index is 828. The van der Waals surface area contributed by atoms with E-state index in [-0.39, 0.29) is 11.9 Å². The minimum absolute atomic E-state index is 0.0420. The number of carbonyl (C=O) groups excluding carboxylic acids is 1. The molecular weight excluding hydrogens is 409 g/mol. The Balaban J connectivity index is 1.73. The number of halogens is 1. The highest BCUT2D eigenvalue weighted by atomic mass is 127. The molecule has 3 rings (SSSR count). The average molecular weight is 427 g/mol. The van der Waals surface area contributed by atoms with Crippen LogP contribution in [0.3, 0.4) is 0 Å². The molecule has 0 aliphatic rings. The van der Waals surface area contributed by atoms with Crippen LogP contribution in [0.5, 0.6) is 0 Å². The van der Waals surface area contributed by atoms with Crippen LogP contribution in [0.2, 0.25) is 0 Å². The number of benzene rings is 3. The summed E-state index contributed by atoms with van der Waals surface area (Å²) in [4.78, 5) is 12.4. The van der Waals surface area contributed by atoms with Gasteiger partial charge in [0.05, 0.1) is 11.6 Å². The zero-order chi connectivity index (χ0) is 16.9.